The SMILES string of the molecule is CC1(C)CCC[C@]2(C)C(=O)C(O[Si](C)(C)C(C)(C)C)=CC[C@@H]12. The molecule has 0 amide bonds. The molecule has 0 radical (unpaired) electrons. The first-order chi connectivity index (χ1) is 9.81. The maximum atomic E-state index is 13.2. The minimum Gasteiger partial charge on any atom is -0.541 e. The van der Waals surface area contributed by atoms with Crippen molar-refractivity contribution in [3.63, 3.8) is 0 Å². The van der Waals surface area contributed by atoms with Gasteiger partial charge < -0.3 is 4.43 Å². The molecule has 3 heteroatoms. The summed E-state index contributed by atoms with van der Waals surface area (Å²) < 4.78 is 6.39. The Morgan fingerprint density at radius 1 is 1.18 bits per heavy atom. The van der Waals surface area contributed by atoms with Gasteiger partial charge in [-0.3, -0.25) is 4.79 Å². The Labute approximate surface area is 137 Å². The lowest BCUT2D eigenvalue weighted by Gasteiger charge is -2.52. The molecule has 0 bridgehead atoms. The molecule has 1 fully saturated rings. The van der Waals surface area contributed by atoms with Gasteiger partial charge in [0, 0.05) is 5.41 Å². The van der Waals surface area contributed by atoms with Crippen LogP contribution in [0.15, 0.2) is 11.8 Å². The lowest BCUT2D eigenvalue weighted by Crippen LogP contribution is -2.51. The van der Waals surface area contributed by atoms with Crippen molar-refractivity contribution in [2.45, 2.75) is 85.4 Å². The fourth-order valence-electron chi connectivity index (χ4n) is 4.09. The van der Waals surface area contributed by atoms with Gasteiger partial charge >= 0.3 is 0 Å². The van der Waals surface area contributed by atoms with Crippen LogP contribution in [0.4, 0.5) is 0 Å². The Hall–Kier alpha value is -0.573. The van der Waals surface area contributed by atoms with Crippen LogP contribution in [0.25, 0.3) is 0 Å². The van der Waals surface area contributed by atoms with Crippen LogP contribution in [0.5, 0.6) is 0 Å². The molecule has 0 aromatic rings. The Balaban J connectivity index is 2.31. The van der Waals surface area contributed by atoms with E-state index < -0.39 is 8.32 Å². The number of carbonyl (C=O) groups is 1. The Kier molecular flexibility index (Phi) is 4.22. The predicted octanol–water partition coefficient (Wildman–Crippen LogP) is 5.70. The summed E-state index contributed by atoms with van der Waals surface area (Å²) in [4.78, 5) is 13.2. The number of rotatable bonds is 2. The number of hydrogen-bond acceptors (Lipinski definition) is 2. The first kappa shape index (κ1) is 17.8. The average Bonchev–Trinajstić information content (AvgIpc) is 2.32. The summed E-state index contributed by atoms with van der Waals surface area (Å²) in [6, 6.07) is 0. The molecule has 2 aliphatic carbocycles. The third-order valence-corrected chi connectivity index (χ3v) is 11.0. The monoisotopic (exact) mass is 322 g/mol. The lowest BCUT2D eigenvalue weighted by atomic mass is 9.52. The summed E-state index contributed by atoms with van der Waals surface area (Å²) in [5.41, 5.74) is 0.0237. The van der Waals surface area contributed by atoms with Crippen LogP contribution in [0.3, 0.4) is 0 Å². The Morgan fingerprint density at radius 2 is 1.77 bits per heavy atom. The van der Waals surface area contributed by atoms with E-state index in [9.17, 15) is 4.79 Å². The van der Waals surface area contributed by atoms with Gasteiger partial charge in [-0.25, -0.2) is 0 Å². The van der Waals surface area contributed by atoms with Crippen molar-refractivity contribution in [3.8, 4) is 0 Å². The summed E-state index contributed by atoms with van der Waals surface area (Å²) in [5.74, 6) is 1.39. The zero-order chi connectivity index (χ0) is 17.0. The molecule has 0 aromatic heterocycles. The van der Waals surface area contributed by atoms with Gasteiger partial charge in [-0.1, -0.05) is 48.0 Å². The maximum Gasteiger partial charge on any atom is 0.250 e. The van der Waals surface area contributed by atoms with Crippen LogP contribution in [-0.2, 0) is 9.22 Å². The molecule has 0 N–H and O–H groups in total. The second kappa shape index (κ2) is 5.22. The smallest absolute Gasteiger partial charge is 0.250 e. The third kappa shape index (κ3) is 2.81. The molecule has 0 spiro atoms. The van der Waals surface area contributed by atoms with Gasteiger partial charge in [0.2, 0.25) is 5.78 Å². The van der Waals surface area contributed by atoms with E-state index in [4.69, 9.17) is 4.43 Å². The molecule has 22 heavy (non-hydrogen) atoms. The molecule has 0 aromatic carbocycles. The van der Waals surface area contributed by atoms with Crippen LogP contribution in [0, 0.1) is 16.7 Å². The topological polar surface area (TPSA) is 26.3 Å². The normalized spacial score (nSPS) is 32.3. The zero-order valence-corrected chi connectivity index (χ0v) is 16.8. The highest BCUT2D eigenvalue weighted by Gasteiger charge is 2.54. The predicted molar refractivity (Wildman–Crippen MR) is 95.2 cm³/mol. The van der Waals surface area contributed by atoms with Gasteiger partial charge in [0.05, 0.1) is 0 Å². The summed E-state index contributed by atoms with van der Waals surface area (Å²) >= 11 is 0. The van der Waals surface area contributed by atoms with Crippen LogP contribution >= 0.6 is 0 Å². The molecule has 126 valence electrons. The van der Waals surface area contributed by atoms with E-state index in [2.05, 4.69) is 60.7 Å². The van der Waals surface area contributed by atoms with Crippen molar-refractivity contribution in [2.24, 2.45) is 16.7 Å². The highest BCUT2D eigenvalue weighted by atomic mass is 28.4. The second-order valence-electron chi connectivity index (χ2n) is 9.81. The van der Waals surface area contributed by atoms with Crippen molar-refractivity contribution in [1.29, 1.82) is 0 Å². The van der Waals surface area contributed by atoms with Crippen molar-refractivity contribution < 1.29 is 9.22 Å². The molecule has 2 aliphatic rings. The van der Waals surface area contributed by atoms with Crippen LogP contribution in [-0.4, -0.2) is 14.1 Å². The first-order valence-electron chi connectivity index (χ1n) is 8.75. The van der Waals surface area contributed by atoms with Crippen molar-refractivity contribution in [2.75, 3.05) is 0 Å². The molecular weight excluding hydrogens is 288 g/mol. The molecule has 2 atom stereocenters. The van der Waals surface area contributed by atoms with Crippen molar-refractivity contribution in [1.82, 2.24) is 0 Å². The van der Waals surface area contributed by atoms with Gasteiger partial charge in [0.25, 0.3) is 8.32 Å². The fraction of sp³-hybridized carbons (Fsp3) is 0.842. The van der Waals surface area contributed by atoms with Crippen molar-refractivity contribution >= 4 is 14.1 Å². The minimum absolute atomic E-state index is 0.123. The molecule has 2 nitrogen and oxygen atoms in total. The average molecular weight is 323 g/mol. The molecule has 0 heterocycles. The van der Waals surface area contributed by atoms with E-state index in [-0.39, 0.29) is 21.7 Å². The van der Waals surface area contributed by atoms with Crippen LogP contribution in [0.2, 0.25) is 18.1 Å². The van der Waals surface area contributed by atoms with Gasteiger partial charge in [-0.15, -0.1) is 0 Å². The van der Waals surface area contributed by atoms with E-state index in [0.29, 0.717) is 11.7 Å². The Morgan fingerprint density at radius 3 is 2.32 bits per heavy atom. The fourth-order valence-corrected chi connectivity index (χ4v) is 5.12. The summed E-state index contributed by atoms with van der Waals surface area (Å²) in [7, 11) is -1.95. The molecule has 2 rings (SSSR count). The number of fused-ring (bicyclic) bond motifs is 1. The largest absolute Gasteiger partial charge is 0.541 e. The molecular formula is C19H34O2Si. The van der Waals surface area contributed by atoms with E-state index in [1.807, 2.05) is 0 Å². The van der Waals surface area contributed by atoms with E-state index in [0.717, 1.165) is 19.3 Å². The number of carbonyl (C=O) groups excluding carboxylic acids is 1. The second-order valence-corrected chi connectivity index (χ2v) is 14.5. The van der Waals surface area contributed by atoms with Gasteiger partial charge in [0.1, 0.15) is 5.76 Å². The number of Topliss-reactive ketones (excluding diaryl/α,β-unsaturated/α-hetero) is 1. The van der Waals surface area contributed by atoms with Crippen LogP contribution in [0.1, 0.15) is 67.2 Å². The minimum atomic E-state index is -1.95. The summed E-state index contributed by atoms with van der Waals surface area (Å²) in [6.45, 7) is 18.0. The van der Waals surface area contributed by atoms with Gasteiger partial charge in [0.15, 0.2) is 0 Å². The maximum absolute atomic E-state index is 13.2. The number of hydrogen-bond donors (Lipinski definition) is 0. The highest BCUT2D eigenvalue weighted by molar-refractivity contribution is 6.74. The van der Waals surface area contributed by atoms with E-state index in [1.165, 1.54) is 6.42 Å². The highest BCUT2D eigenvalue weighted by Crippen LogP contribution is 2.56. The standard InChI is InChI=1S/C19H34O2Si/c1-17(2,3)22(7,8)21-14-10-11-15-18(4,5)12-9-13-19(15,6)16(14)20/h10,15H,9,11-13H2,1-8H3/t15-,19-/m0/s1. The Bertz CT molecular complexity index is 496. The molecule has 0 unspecified atom stereocenters. The van der Waals surface area contributed by atoms with Gasteiger partial charge in [-0.2, -0.15) is 0 Å². The quantitative estimate of drug-likeness (QED) is 0.610. The van der Waals surface area contributed by atoms with Crippen molar-refractivity contribution in [3.05, 3.63) is 11.8 Å². The first-order valence-corrected chi connectivity index (χ1v) is 11.7. The lowest BCUT2D eigenvalue weighted by molar-refractivity contribution is -0.138. The van der Waals surface area contributed by atoms with E-state index >= 15 is 0 Å². The molecule has 0 saturated heterocycles. The third-order valence-electron chi connectivity index (χ3n) is 6.68. The number of allylic oxidation sites excluding steroid dienone is 2. The van der Waals surface area contributed by atoms with E-state index in [1.54, 1.807) is 0 Å². The van der Waals surface area contributed by atoms with Gasteiger partial charge in [-0.05, 0) is 54.8 Å². The molecule has 1 saturated carbocycles. The summed E-state index contributed by atoms with van der Waals surface area (Å²) in [5, 5.41) is 0.123. The molecule has 0 aliphatic heterocycles. The zero-order valence-electron chi connectivity index (χ0n) is 15.8. The van der Waals surface area contributed by atoms with Crippen LogP contribution < -0.4 is 0 Å². The number of ketones is 1. The summed E-state index contributed by atoms with van der Waals surface area (Å²) in [6.07, 6.45) is 6.48.